The molecule has 0 aliphatic carbocycles. The minimum absolute atomic E-state index is 0.110. The molecular weight excluding hydrogens is 653 g/mol. The number of anilines is 1. The van der Waals surface area contributed by atoms with Gasteiger partial charge in [-0.3, -0.25) is 25.6 Å². The van der Waals surface area contributed by atoms with Crippen molar-refractivity contribution in [3.05, 3.63) is 47.4 Å². The molecule has 3 atom stereocenters. The molecule has 1 aromatic carbocycles. The Morgan fingerprint density at radius 3 is 2.26 bits per heavy atom. The lowest BCUT2D eigenvalue weighted by Gasteiger charge is -2.20. The molecule has 0 fully saturated rings. The molecular formula is C27H40FN5O13S. The highest BCUT2D eigenvalue weighted by Gasteiger charge is 2.23. The van der Waals surface area contributed by atoms with Crippen LogP contribution in [-0.4, -0.2) is 124 Å². The Morgan fingerprint density at radius 1 is 1.02 bits per heavy atom. The van der Waals surface area contributed by atoms with Gasteiger partial charge in [-0.25, -0.2) is 36.8 Å². The van der Waals surface area contributed by atoms with Gasteiger partial charge in [-0.15, -0.1) is 0 Å². The van der Waals surface area contributed by atoms with Gasteiger partial charge in [-0.1, -0.05) is 26.0 Å². The van der Waals surface area contributed by atoms with Crippen LogP contribution in [0.2, 0.25) is 0 Å². The average molecular weight is 694 g/mol. The summed E-state index contributed by atoms with van der Waals surface area (Å²) in [7, 11) is -2.43. The Bertz CT molecular complexity index is 1410. The predicted molar refractivity (Wildman–Crippen MR) is 158 cm³/mol. The Morgan fingerprint density at radius 2 is 1.68 bits per heavy atom. The largest absolute Gasteiger partial charge is 0.463 e. The number of esters is 1. The molecule has 0 aliphatic heterocycles. The maximum Gasteiger partial charge on any atom is 0.308 e. The quantitative estimate of drug-likeness (QED) is 0.0649. The summed E-state index contributed by atoms with van der Waals surface area (Å²) < 4.78 is 49.1. The fourth-order valence-corrected chi connectivity index (χ4v) is 4.29. The van der Waals surface area contributed by atoms with Crippen molar-refractivity contribution in [2.24, 2.45) is 0 Å². The number of aromatic nitrogens is 2. The van der Waals surface area contributed by atoms with Gasteiger partial charge in [0, 0.05) is 24.6 Å². The van der Waals surface area contributed by atoms with Crippen molar-refractivity contribution >= 4 is 28.0 Å². The summed E-state index contributed by atoms with van der Waals surface area (Å²) in [5.41, 5.74) is 1.56. The first kappa shape index (κ1) is 39.9. The lowest BCUT2D eigenvalue weighted by Crippen LogP contribution is -2.34. The molecule has 0 saturated heterocycles. The zero-order valence-electron chi connectivity index (χ0n) is 26.1. The number of carbonyl (C=O) groups is 1. The van der Waals surface area contributed by atoms with Crippen LogP contribution in [0.5, 0.6) is 0 Å². The Labute approximate surface area is 270 Å². The molecule has 0 radical (unpaired) electrons. The standard InChI is InChI=1S/C27H40FN5O13S/c1-17(2)25-23(26(18-5-7-19(28)8-6-18)30-27(29-25)31(3)47(4,41)42)10-9-20(34)13-21(35)14-24(36)44-16-22(46-33(39)40)15-43-11-12-45-32(37)38/h5-10,17,20-22,34-35,37-40H,11-16H2,1-4H3/b10-9+. The number of nitrogens with zero attached hydrogens (tertiary/aromatic N) is 5. The van der Waals surface area contributed by atoms with Gasteiger partial charge < -0.3 is 19.7 Å². The van der Waals surface area contributed by atoms with E-state index in [0.717, 1.165) is 10.6 Å². The van der Waals surface area contributed by atoms with Crippen LogP contribution < -0.4 is 4.31 Å². The van der Waals surface area contributed by atoms with E-state index in [4.69, 9.17) is 30.3 Å². The predicted octanol–water partition coefficient (Wildman–Crippen LogP) is 1.27. The van der Waals surface area contributed by atoms with Crippen LogP contribution in [0.4, 0.5) is 10.3 Å². The maximum absolute atomic E-state index is 13.7. The van der Waals surface area contributed by atoms with E-state index in [2.05, 4.69) is 19.6 Å². The summed E-state index contributed by atoms with van der Waals surface area (Å²) in [6, 6.07) is 5.36. The first-order chi connectivity index (χ1) is 22.0. The van der Waals surface area contributed by atoms with E-state index >= 15 is 0 Å². The number of halogens is 1. The van der Waals surface area contributed by atoms with E-state index in [1.165, 1.54) is 43.5 Å². The molecule has 0 saturated carbocycles. The number of hydrogen-bond acceptors (Lipinski definition) is 17. The highest BCUT2D eigenvalue weighted by molar-refractivity contribution is 7.92. The van der Waals surface area contributed by atoms with Gasteiger partial charge in [-0.05, 0) is 30.2 Å². The van der Waals surface area contributed by atoms with E-state index in [0.29, 0.717) is 16.8 Å². The van der Waals surface area contributed by atoms with E-state index in [-0.39, 0.29) is 43.8 Å². The van der Waals surface area contributed by atoms with E-state index in [9.17, 15) is 27.8 Å². The Hall–Kier alpha value is -3.25. The van der Waals surface area contributed by atoms with Gasteiger partial charge in [0.25, 0.3) is 0 Å². The average Bonchev–Trinajstić information content (AvgIpc) is 2.97. The van der Waals surface area contributed by atoms with Crippen LogP contribution >= 0.6 is 0 Å². The second-order valence-electron chi connectivity index (χ2n) is 10.4. The number of carbonyl (C=O) groups excluding carboxylic acids is 1. The third-order valence-corrected chi connectivity index (χ3v) is 7.38. The molecule has 1 heterocycles. The maximum atomic E-state index is 13.7. The summed E-state index contributed by atoms with van der Waals surface area (Å²) in [5.74, 6) is -1.77. The highest BCUT2D eigenvalue weighted by Crippen LogP contribution is 2.31. The number of aliphatic hydroxyl groups is 2. The van der Waals surface area contributed by atoms with Gasteiger partial charge in [-0.2, -0.15) is 0 Å². The van der Waals surface area contributed by atoms with Gasteiger partial charge in [0.15, 0.2) is 0 Å². The van der Waals surface area contributed by atoms with Crippen molar-refractivity contribution in [1.29, 1.82) is 0 Å². The molecule has 18 nitrogen and oxygen atoms in total. The van der Waals surface area contributed by atoms with Gasteiger partial charge in [0.2, 0.25) is 16.0 Å². The normalized spacial score (nSPS) is 14.3. The van der Waals surface area contributed by atoms with Gasteiger partial charge in [0.1, 0.15) is 18.5 Å². The van der Waals surface area contributed by atoms with Gasteiger partial charge >= 0.3 is 5.97 Å². The monoisotopic (exact) mass is 693 g/mol. The van der Waals surface area contributed by atoms with Crippen LogP contribution in [0.1, 0.15) is 43.9 Å². The Balaban J connectivity index is 2.14. The molecule has 1 aromatic heterocycles. The first-order valence-corrected chi connectivity index (χ1v) is 15.9. The summed E-state index contributed by atoms with van der Waals surface area (Å²) in [5, 5.41) is 54.6. The molecule has 0 bridgehead atoms. The highest BCUT2D eigenvalue weighted by atomic mass is 32.2. The molecule has 2 aromatic rings. The zero-order valence-corrected chi connectivity index (χ0v) is 26.9. The number of hydrogen-bond donors (Lipinski definition) is 6. The molecule has 0 aliphatic rings. The third kappa shape index (κ3) is 14.2. The first-order valence-electron chi connectivity index (χ1n) is 14.0. The molecule has 2 rings (SSSR count). The van der Waals surface area contributed by atoms with Crippen molar-refractivity contribution in [3.8, 4) is 11.3 Å². The number of benzene rings is 1. The van der Waals surface area contributed by atoms with Crippen molar-refractivity contribution in [3.63, 3.8) is 0 Å². The number of aliphatic hydroxyl groups excluding tert-OH is 2. The third-order valence-electron chi connectivity index (χ3n) is 6.22. The Kier molecular flexibility index (Phi) is 16.1. The van der Waals surface area contributed by atoms with Crippen LogP contribution in [0.15, 0.2) is 30.3 Å². The summed E-state index contributed by atoms with van der Waals surface area (Å²) in [6.45, 7) is 2.30. The summed E-state index contributed by atoms with van der Waals surface area (Å²) >= 11 is 0. The molecule has 6 N–H and O–H groups in total. The van der Waals surface area contributed by atoms with Gasteiger partial charge in [0.05, 0.1) is 66.9 Å². The van der Waals surface area contributed by atoms with E-state index in [1.807, 2.05) is 13.8 Å². The lowest BCUT2D eigenvalue weighted by molar-refractivity contribution is -0.507. The fraction of sp³-hybridized carbons (Fsp3) is 0.519. The van der Waals surface area contributed by atoms with Crippen LogP contribution in [0, 0.1) is 5.82 Å². The molecule has 47 heavy (non-hydrogen) atoms. The van der Waals surface area contributed by atoms with Crippen molar-refractivity contribution in [2.75, 3.05) is 44.0 Å². The zero-order chi connectivity index (χ0) is 35.3. The summed E-state index contributed by atoms with van der Waals surface area (Å²) in [4.78, 5) is 30.0. The number of rotatable bonds is 20. The molecule has 20 heteroatoms. The van der Waals surface area contributed by atoms with Crippen molar-refractivity contribution < 1.29 is 67.8 Å². The van der Waals surface area contributed by atoms with E-state index < -0.39 is 63.9 Å². The van der Waals surface area contributed by atoms with Crippen LogP contribution in [0.3, 0.4) is 0 Å². The molecule has 264 valence electrons. The minimum atomic E-state index is -3.72. The molecule has 3 unspecified atom stereocenters. The van der Waals surface area contributed by atoms with Crippen LogP contribution in [-0.2, 0) is 34.0 Å². The second kappa shape index (κ2) is 18.9. The smallest absolute Gasteiger partial charge is 0.308 e. The van der Waals surface area contributed by atoms with Crippen molar-refractivity contribution in [2.45, 2.75) is 50.9 Å². The number of ether oxygens (including phenoxy) is 2. The van der Waals surface area contributed by atoms with E-state index in [1.54, 1.807) is 0 Å². The van der Waals surface area contributed by atoms with Crippen LogP contribution in [0.25, 0.3) is 17.3 Å². The molecule has 0 amide bonds. The lowest BCUT2D eigenvalue weighted by atomic mass is 9.97. The molecule has 0 spiro atoms. The minimum Gasteiger partial charge on any atom is -0.463 e. The topological polar surface area (TPSA) is 245 Å². The SMILES string of the molecule is CC(C)c1nc(N(C)S(C)(=O)=O)nc(-c2ccc(F)cc2)c1/C=C/C(O)CC(O)CC(=O)OCC(COCCON(O)O)ON(O)O. The second-order valence-corrected chi connectivity index (χ2v) is 12.4. The fourth-order valence-electron chi connectivity index (χ4n) is 3.92. The van der Waals surface area contributed by atoms with Crippen molar-refractivity contribution in [1.82, 2.24) is 20.7 Å². The summed E-state index contributed by atoms with van der Waals surface area (Å²) in [6.07, 6.45) is -0.894. The number of sulfonamides is 1.